The molecule has 0 fully saturated rings. The van der Waals surface area contributed by atoms with Crippen LogP contribution in [0, 0.1) is 12.8 Å². The number of hydrogen-bond donors (Lipinski definition) is 4. The molecule has 29 heavy (non-hydrogen) atoms. The third kappa shape index (κ3) is 4.60. The van der Waals surface area contributed by atoms with Crippen LogP contribution in [-0.2, 0) is 22.4 Å². The maximum Gasteiger partial charge on any atom is 0.328 e. The number of carbonyl (C=O) groups is 3. The van der Waals surface area contributed by atoms with Crippen molar-refractivity contribution in [2.45, 2.75) is 26.2 Å². The number of fused-ring (bicyclic) bond motifs is 2. The average molecular weight is 395 g/mol. The Morgan fingerprint density at radius 1 is 1.14 bits per heavy atom. The fourth-order valence-electron chi connectivity index (χ4n) is 3.57. The Balaban J connectivity index is 0.000000258. The molecule has 1 aliphatic rings. The lowest BCUT2D eigenvalue weighted by Crippen LogP contribution is -2.23. The summed E-state index contributed by atoms with van der Waals surface area (Å²) in [5.74, 6) is -2.21. The molecular formula is C21H21N3O5. The summed E-state index contributed by atoms with van der Waals surface area (Å²) >= 11 is 0. The number of aliphatic carboxylic acids is 2. The zero-order valence-electron chi connectivity index (χ0n) is 15.8. The van der Waals surface area contributed by atoms with Crippen molar-refractivity contribution in [3.63, 3.8) is 0 Å². The van der Waals surface area contributed by atoms with Crippen molar-refractivity contribution in [2.75, 3.05) is 0 Å². The number of carboxylic acid groups (broad SMARTS) is 2. The van der Waals surface area contributed by atoms with E-state index in [-0.39, 0.29) is 11.7 Å². The predicted octanol–water partition coefficient (Wildman–Crippen LogP) is 2.90. The van der Waals surface area contributed by atoms with E-state index in [9.17, 15) is 14.4 Å². The number of aromatic nitrogens is 3. The molecule has 150 valence electrons. The molecule has 0 saturated heterocycles. The number of nitrogens with zero attached hydrogens (tertiary/aromatic N) is 1. The zero-order chi connectivity index (χ0) is 21.0. The van der Waals surface area contributed by atoms with Gasteiger partial charge in [0.15, 0.2) is 5.78 Å². The minimum Gasteiger partial charge on any atom is -0.478 e. The Morgan fingerprint density at radius 3 is 2.52 bits per heavy atom. The van der Waals surface area contributed by atoms with Crippen molar-refractivity contribution < 1.29 is 24.6 Å². The fourth-order valence-corrected chi connectivity index (χ4v) is 3.57. The fraction of sp³-hybridized carbons (Fsp3) is 0.238. The Kier molecular flexibility index (Phi) is 5.92. The van der Waals surface area contributed by atoms with Gasteiger partial charge in [-0.2, -0.15) is 0 Å². The number of aromatic amines is 2. The SMILES string of the molecule is Cc1[nH]c2ccccc2c1C(=O)C1CCc2nc[nH]c2C1.O=C(O)/C=C/C(=O)O. The molecule has 8 heteroatoms. The first-order chi connectivity index (χ1) is 13.9. The second kappa shape index (κ2) is 8.55. The summed E-state index contributed by atoms with van der Waals surface area (Å²) in [5.41, 5.74) is 5.11. The van der Waals surface area contributed by atoms with Crippen LogP contribution in [0.3, 0.4) is 0 Å². The standard InChI is InChI=1S/C17H17N3O.C4H4O4/c1-10-16(12-4-2-3-5-13(12)20-10)17(21)11-6-7-14-15(8-11)19-9-18-14;5-3(6)1-2-4(7)8/h2-5,9,11,20H,6-8H2,1H3,(H,18,19);1-2H,(H,5,6)(H,7,8)/b;2-1+. The molecule has 0 amide bonds. The third-order valence-corrected chi connectivity index (χ3v) is 4.87. The van der Waals surface area contributed by atoms with E-state index in [1.165, 1.54) is 0 Å². The topological polar surface area (TPSA) is 136 Å². The Labute approximate surface area is 166 Å². The highest BCUT2D eigenvalue weighted by Crippen LogP contribution is 2.30. The Hall–Kier alpha value is -3.68. The first kappa shape index (κ1) is 20.1. The number of aryl methyl sites for hydroxylation is 2. The summed E-state index contributed by atoms with van der Waals surface area (Å²) in [5, 5.41) is 16.7. The molecule has 2 aromatic heterocycles. The Bertz CT molecular complexity index is 1080. The minimum absolute atomic E-state index is 0.0517. The van der Waals surface area contributed by atoms with E-state index in [1.807, 2.05) is 31.2 Å². The van der Waals surface area contributed by atoms with Gasteiger partial charge in [-0.15, -0.1) is 0 Å². The largest absolute Gasteiger partial charge is 0.478 e. The molecule has 0 radical (unpaired) electrons. The van der Waals surface area contributed by atoms with Gasteiger partial charge in [-0.1, -0.05) is 18.2 Å². The van der Waals surface area contributed by atoms with E-state index in [0.717, 1.165) is 52.8 Å². The van der Waals surface area contributed by atoms with Crippen LogP contribution in [-0.4, -0.2) is 42.9 Å². The monoisotopic (exact) mass is 395 g/mol. The van der Waals surface area contributed by atoms with Crippen molar-refractivity contribution in [3.8, 4) is 0 Å². The average Bonchev–Trinajstić information content (AvgIpc) is 3.28. The number of carbonyl (C=O) groups excluding carboxylic acids is 1. The number of rotatable bonds is 4. The quantitative estimate of drug-likeness (QED) is 0.396. The van der Waals surface area contributed by atoms with Gasteiger partial charge in [0.2, 0.25) is 0 Å². The van der Waals surface area contributed by atoms with Crippen LogP contribution in [0.5, 0.6) is 0 Å². The van der Waals surface area contributed by atoms with Crippen LogP contribution < -0.4 is 0 Å². The minimum atomic E-state index is -1.26. The number of hydrogen-bond acceptors (Lipinski definition) is 4. The van der Waals surface area contributed by atoms with Crippen LogP contribution in [0.25, 0.3) is 10.9 Å². The molecule has 8 nitrogen and oxygen atoms in total. The van der Waals surface area contributed by atoms with Gasteiger partial charge < -0.3 is 20.2 Å². The maximum absolute atomic E-state index is 13.0. The number of nitrogens with one attached hydrogen (secondary N) is 2. The molecule has 1 aliphatic carbocycles. The highest BCUT2D eigenvalue weighted by molar-refractivity contribution is 6.10. The van der Waals surface area contributed by atoms with Gasteiger partial charge in [-0.3, -0.25) is 4.79 Å². The number of imidazole rings is 1. The van der Waals surface area contributed by atoms with Crippen molar-refractivity contribution in [3.05, 3.63) is 65.4 Å². The first-order valence-corrected chi connectivity index (χ1v) is 9.13. The van der Waals surface area contributed by atoms with Crippen LogP contribution in [0.15, 0.2) is 42.7 Å². The summed E-state index contributed by atoms with van der Waals surface area (Å²) in [6.07, 6.45) is 5.39. The van der Waals surface area contributed by atoms with E-state index in [0.29, 0.717) is 12.2 Å². The molecule has 2 heterocycles. The summed E-state index contributed by atoms with van der Waals surface area (Å²) in [6, 6.07) is 8.02. The van der Waals surface area contributed by atoms with E-state index >= 15 is 0 Å². The van der Waals surface area contributed by atoms with Crippen molar-refractivity contribution in [2.24, 2.45) is 5.92 Å². The molecule has 3 aromatic rings. The van der Waals surface area contributed by atoms with Gasteiger partial charge in [0, 0.05) is 45.9 Å². The summed E-state index contributed by atoms with van der Waals surface area (Å²) in [7, 11) is 0. The molecule has 1 unspecified atom stereocenters. The highest BCUT2D eigenvalue weighted by Gasteiger charge is 2.29. The number of Topliss-reactive ketones (excluding diaryl/α,β-unsaturated/α-hetero) is 1. The van der Waals surface area contributed by atoms with Gasteiger partial charge in [-0.05, 0) is 32.3 Å². The van der Waals surface area contributed by atoms with Crippen LogP contribution in [0.2, 0.25) is 0 Å². The zero-order valence-corrected chi connectivity index (χ0v) is 15.8. The molecule has 4 N–H and O–H groups in total. The summed E-state index contributed by atoms with van der Waals surface area (Å²) in [6.45, 7) is 1.98. The maximum atomic E-state index is 13.0. The lowest BCUT2D eigenvalue weighted by atomic mass is 9.83. The number of carboxylic acids is 2. The number of para-hydroxylation sites is 1. The van der Waals surface area contributed by atoms with Crippen molar-refractivity contribution in [1.82, 2.24) is 15.0 Å². The predicted molar refractivity (Wildman–Crippen MR) is 106 cm³/mol. The van der Waals surface area contributed by atoms with Crippen LogP contribution in [0.1, 0.15) is 33.9 Å². The van der Waals surface area contributed by atoms with Crippen LogP contribution >= 0.6 is 0 Å². The highest BCUT2D eigenvalue weighted by atomic mass is 16.4. The molecular weight excluding hydrogens is 374 g/mol. The molecule has 4 rings (SSSR count). The molecule has 1 atom stereocenters. The normalized spacial score (nSPS) is 15.6. The van der Waals surface area contributed by atoms with Crippen molar-refractivity contribution >= 4 is 28.6 Å². The second-order valence-corrected chi connectivity index (χ2v) is 6.81. The van der Waals surface area contributed by atoms with Crippen LogP contribution in [0.4, 0.5) is 0 Å². The van der Waals surface area contributed by atoms with Gasteiger partial charge >= 0.3 is 11.9 Å². The van der Waals surface area contributed by atoms with Gasteiger partial charge in [-0.25, -0.2) is 14.6 Å². The first-order valence-electron chi connectivity index (χ1n) is 9.13. The number of H-pyrrole nitrogens is 2. The number of ketones is 1. The smallest absolute Gasteiger partial charge is 0.328 e. The Morgan fingerprint density at radius 2 is 1.83 bits per heavy atom. The van der Waals surface area contributed by atoms with Gasteiger partial charge in [0.05, 0.1) is 12.0 Å². The second-order valence-electron chi connectivity index (χ2n) is 6.81. The lowest BCUT2D eigenvalue weighted by Gasteiger charge is -2.20. The third-order valence-electron chi connectivity index (χ3n) is 4.87. The van der Waals surface area contributed by atoms with E-state index in [2.05, 4.69) is 15.0 Å². The lowest BCUT2D eigenvalue weighted by molar-refractivity contribution is -0.134. The van der Waals surface area contributed by atoms with E-state index in [4.69, 9.17) is 10.2 Å². The molecule has 0 saturated carbocycles. The van der Waals surface area contributed by atoms with Gasteiger partial charge in [0.1, 0.15) is 0 Å². The molecule has 0 bridgehead atoms. The van der Waals surface area contributed by atoms with E-state index in [1.54, 1.807) is 6.33 Å². The molecule has 1 aromatic carbocycles. The molecule has 0 spiro atoms. The summed E-state index contributed by atoms with van der Waals surface area (Å²) < 4.78 is 0. The number of benzene rings is 1. The van der Waals surface area contributed by atoms with Gasteiger partial charge in [0.25, 0.3) is 0 Å². The summed E-state index contributed by atoms with van der Waals surface area (Å²) in [4.78, 5) is 42.9. The van der Waals surface area contributed by atoms with E-state index < -0.39 is 11.9 Å². The van der Waals surface area contributed by atoms with Crippen molar-refractivity contribution in [1.29, 1.82) is 0 Å². The molecule has 0 aliphatic heterocycles.